The van der Waals surface area contributed by atoms with E-state index in [2.05, 4.69) is 12.8 Å². The average molecular weight is 184 g/mol. The van der Waals surface area contributed by atoms with Gasteiger partial charge in [0.2, 0.25) is 0 Å². The van der Waals surface area contributed by atoms with Gasteiger partial charge in [0.1, 0.15) is 0 Å². The number of rotatable bonds is 3. The summed E-state index contributed by atoms with van der Waals surface area (Å²) in [4.78, 5) is 0. The van der Waals surface area contributed by atoms with Crippen molar-refractivity contribution in [1.82, 2.24) is 0 Å². The van der Waals surface area contributed by atoms with Crippen LogP contribution in [0.25, 0.3) is 0 Å². The van der Waals surface area contributed by atoms with Gasteiger partial charge in [-0.15, -0.1) is 12.3 Å². The summed E-state index contributed by atoms with van der Waals surface area (Å²) < 4.78 is 0. The predicted octanol–water partition coefficient (Wildman–Crippen LogP) is 2.05. The molecule has 1 fully saturated rings. The molecule has 1 aliphatic heterocycles. The van der Waals surface area contributed by atoms with Crippen molar-refractivity contribution < 1.29 is 5.11 Å². The van der Waals surface area contributed by atoms with Gasteiger partial charge in [-0.3, -0.25) is 0 Å². The van der Waals surface area contributed by atoms with E-state index in [0.29, 0.717) is 5.25 Å². The van der Waals surface area contributed by atoms with Crippen LogP contribution in [0, 0.1) is 12.3 Å². The fraction of sp³-hybridized carbons (Fsp3) is 0.800. The molecular weight excluding hydrogens is 168 g/mol. The molecule has 1 N–H and O–H groups in total. The molecule has 0 amide bonds. The van der Waals surface area contributed by atoms with Gasteiger partial charge in [0.15, 0.2) is 0 Å². The van der Waals surface area contributed by atoms with Gasteiger partial charge in [0, 0.05) is 17.4 Å². The first-order valence-corrected chi connectivity index (χ1v) is 5.49. The first kappa shape index (κ1) is 9.95. The number of hydrogen-bond donors (Lipinski definition) is 1. The van der Waals surface area contributed by atoms with E-state index in [0.717, 1.165) is 31.4 Å². The van der Waals surface area contributed by atoms with Crippen LogP contribution < -0.4 is 0 Å². The van der Waals surface area contributed by atoms with Gasteiger partial charge >= 0.3 is 0 Å². The second-order valence-electron chi connectivity index (χ2n) is 3.61. The highest BCUT2D eigenvalue weighted by atomic mass is 32.2. The van der Waals surface area contributed by atoms with Gasteiger partial charge in [-0.1, -0.05) is 6.92 Å². The Kier molecular flexibility index (Phi) is 3.49. The van der Waals surface area contributed by atoms with Crippen LogP contribution in [0.3, 0.4) is 0 Å². The largest absolute Gasteiger partial charge is 0.389 e. The smallest absolute Gasteiger partial charge is 0.0748 e. The summed E-state index contributed by atoms with van der Waals surface area (Å²) in [5, 5.41) is 10.6. The summed E-state index contributed by atoms with van der Waals surface area (Å²) in [6, 6.07) is 0. The molecule has 68 valence electrons. The molecule has 0 aliphatic carbocycles. The maximum Gasteiger partial charge on any atom is 0.0748 e. The molecule has 2 atom stereocenters. The number of hydrogen-bond acceptors (Lipinski definition) is 2. The lowest BCUT2D eigenvalue weighted by molar-refractivity contribution is 0.0531. The molecule has 2 heteroatoms. The zero-order valence-electron chi connectivity index (χ0n) is 7.55. The van der Waals surface area contributed by atoms with E-state index in [9.17, 15) is 5.11 Å². The summed E-state index contributed by atoms with van der Waals surface area (Å²) in [5.41, 5.74) is -0.416. The molecule has 0 spiro atoms. The predicted molar refractivity (Wildman–Crippen MR) is 54.2 cm³/mol. The molecule has 2 unspecified atom stereocenters. The molecule has 1 saturated heterocycles. The first-order chi connectivity index (χ1) is 5.66. The molecule has 0 saturated carbocycles. The van der Waals surface area contributed by atoms with Crippen molar-refractivity contribution in [2.45, 2.75) is 43.5 Å². The lowest BCUT2D eigenvalue weighted by Gasteiger charge is -2.20. The third-order valence-corrected chi connectivity index (χ3v) is 3.71. The van der Waals surface area contributed by atoms with Crippen LogP contribution in [-0.2, 0) is 0 Å². The SMILES string of the molecule is C#CCCCC1(O)CSC(C)C1. The Labute approximate surface area is 78.9 Å². The summed E-state index contributed by atoms with van der Waals surface area (Å²) in [6.07, 6.45) is 8.70. The van der Waals surface area contributed by atoms with E-state index < -0.39 is 5.60 Å². The van der Waals surface area contributed by atoms with Crippen LogP contribution in [0.1, 0.15) is 32.6 Å². The molecule has 0 aromatic heterocycles. The number of terminal acetylenes is 1. The van der Waals surface area contributed by atoms with Gasteiger partial charge in [-0.05, 0) is 19.3 Å². The Morgan fingerprint density at radius 2 is 2.50 bits per heavy atom. The topological polar surface area (TPSA) is 20.2 Å². The third-order valence-electron chi connectivity index (χ3n) is 2.27. The van der Waals surface area contributed by atoms with E-state index in [-0.39, 0.29) is 0 Å². The van der Waals surface area contributed by atoms with Crippen LogP contribution in [0.4, 0.5) is 0 Å². The van der Waals surface area contributed by atoms with Crippen LogP contribution in [-0.4, -0.2) is 21.7 Å². The second kappa shape index (κ2) is 4.20. The van der Waals surface area contributed by atoms with Gasteiger partial charge in [0.05, 0.1) is 5.60 Å². The minimum absolute atomic E-state index is 0.416. The molecule has 0 aromatic rings. The lowest BCUT2D eigenvalue weighted by Crippen LogP contribution is -2.28. The minimum Gasteiger partial charge on any atom is -0.389 e. The molecule has 1 rings (SSSR count). The Hall–Kier alpha value is -0.130. The highest BCUT2D eigenvalue weighted by molar-refractivity contribution is 8.00. The van der Waals surface area contributed by atoms with E-state index in [4.69, 9.17) is 6.42 Å². The molecule has 1 nitrogen and oxygen atoms in total. The van der Waals surface area contributed by atoms with Crippen molar-refractivity contribution in [2.24, 2.45) is 0 Å². The highest BCUT2D eigenvalue weighted by Gasteiger charge is 2.34. The summed E-state index contributed by atoms with van der Waals surface area (Å²) in [7, 11) is 0. The molecule has 0 radical (unpaired) electrons. The van der Waals surface area contributed by atoms with Crippen molar-refractivity contribution in [3.05, 3.63) is 0 Å². The van der Waals surface area contributed by atoms with Crippen LogP contribution in [0.15, 0.2) is 0 Å². The summed E-state index contributed by atoms with van der Waals surface area (Å²) in [5.74, 6) is 3.49. The number of unbranched alkanes of at least 4 members (excludes halogenated alkanes) is 1. The van der Waals surface area contributed by atoms with E-state index in [1.165, 1.54) is 0 Å². The van der Waals surface area contributed by atoms with Crippen molar-refractivity contribution in [1.29, 1.82) is 0 Å². The molecule has 12 heavy (non-hydrogen) atoms. The van der Waals surface area contributed by atoms with E-state index >= 15 is 0 Å². The quantitative estimate of drug-likeness (QED) is 0.535. The van der Waals surface area contributed by atoms with E-state index in [1.807, 2.05) is 11.8 Å². The van der Waals surface area contributed by atoms with Gasteiger partial charge in [0.25, 0.3) is 0 Å². The van der Waals surface area contributed by atoms with E-state index in [1.54, 1.807) is 0 Å². The summed E-state index contributed by atoms with van der Waals surface area (Å²) in [6.45, 7) is 2.17. The van der Waals surface area contributed by atoms with Crippen molar-refractivity contribution in [3.63, 3.8) is 0 Å². The molecule has 0 aromatic carbocycles. The second-order valence-corrected chi connectivity index (χ2v) is 5.03. The number of aliphatic hydroxyl groups is 1. The van der Waals surface area contributed by atoms with Crippen LogP contribution in [0.2, 0.25) is 0 Å². The maximum atomic E-state index is 10.00. The Morgan fingerprint density at radius 3 is 3.00 bits per heavy atom. The fourth-order valence-electron chi connectivity index (χ4n) is 1.64. The van der Waals surface area contributed by atoms with Crippen molar-refractivity contribution >= 4 is 11.8 Å². The highest BCUT2D eigenvalue weighted by Crippen LogP contribution is 2.37. The summed E-state index contributed by atoms with van der Waals surface area (Å²) >= 11 is 1.86. The monoisotopic (exact) mass is 184 g/mol. The normalized spacial score (nSPS) is 34.9. The first-order valence-electron chi connectivity index (χ1n) is 4.44. The standard InChI is InChI=1S/C10H16OS/c1-3-4-5-6-10(11)7-9(2)12-8-10/h1,9,11H,4-8H2,2H3. The zero-order chi connectivity index (χ0) is 9.03. The zero-order valence-corrected chi connectivity index (χ0v) is 8.36. The fourth-order valence-corrected chi connectivity index (χ4v) is 2.93. The van der Waals surface area contributed by atoms with Crippen LogP contribution >= 0.6 is 11.8 Å². The maximum absolute atomic E-state index is 10.00. The Morgan fingerprint density at radius 1 is 1.75 bits per heavy atom. The number of thioether (sulfide) groups is 1. The van der Waals surface area contributed by atoms with Gasteiger partial charge in [-0.2, -0.15) is 11.8 Å². The average Bonchev–Trinajstić information content (AvgIpc) is 2.32. The Bertz CT molecular complexity index is 185. The van der Waals surface area contributed by atoms with Crippen LogP contribution in [0.5, 0.6) is 0 Å². The molecule has 1 aliphatic rings. The minimum atomic E-state index is -0.416. The lowest BCUT2D eigenvalue weighted by atomic mass is 9.94. The Balaban J connectivity index is 2.26. The van der Waals surface area contributed by atoms with Crippen molar-refractivity contribution in [2.75, 3.05) is 5.75 Å². The molecular formula is C10H16OS. The molecule has 0 bridgehead atoms. The van der Waals surface area contributed by atoms with Crippen molar-refractivity contribution in [3.8, 4) is 12.3 Å². The molecule has 1 heterocycles. The van der Waals surface area contributed by atoms with Gasteiger partial charge in [-0.25, -0.2) is 0 Å². The van der Waals surface area contributed by atoms with Gasteiger partial charge < -0.3 is 5.11 Å². The third kappa shape index (κ3) is 2.73.